The van der Waals surface area contributed by atoms with Gasteiger partial charge in [-0.1, -0.05) is 0 Å². The summed E-state index contributed by atoms with van der Waals surface area (Å²) in [4.78, 5) is 11.1. The molecular formula is C11H20O6. The van der Waals surface area contributed by atoms with E-state index in [2.05, 4.69) is 0 Å². The first-order chi connectivity index (χ1) is 8.33. The maximum atomic E-state index is 11.1. The first kappa shape index (κ1) is 14.2. The molecule has 0 bridgehead atoms. The average Bonchev–Trinajstić information content (AvgIpc) is 2.84. The van der Waals surface area contributed by atoms with E-state index in [9.17, 15) is 4.79 Å². The minimum absolute atomic E-state index is 0.0282. The second-order valence-electron chi connectivity index (χ2n) is 3.65. The molecular weight excluding hydrogens is 228 g/mol. The minimum Gasteiger partial charge on any atom is -0.432 e. The number of methoxy groups -OCH3 is 1. The Morgan fingerprint density at radius 2 is 2.06 bits per heavy atom. The zero-order valence-corrected chi connectivity index (χ0v) is 10.2. The number of hydrogen-bond donors (Lipinski definition) is 0. The number of hydrogen-bond acceptors (Lipinski definition) is 6. The molecule has 6 heteroatoms. The van der Waals surface area contributed by atoms with Crippen LogP contribution in [0.25, 0.3) is 0 Å². The summed E-state index contributed by atoms with van der Waals surface area (Å²) in [6, 6.07) is 0. The van der Waals surface area contributed by atoms with Gasteiger partial charge in [0.25, 0.3) is 0 Å². The summed E-state index contributed by atoms with van der Waals surface area (Å²) in [5.41, 5.74) is 0. The van der Waals surface area contributed by atoms with Gasteiger partial charge < -0.3 is 23.7 Å². The summed E-state index contributed by atoms with van der Waals surface area (Å²) < 4.78 is 24.9. The average molecular weight is 248 g/mol. The van der Waals surface area contributed by atoms with Gasteiger partial charge in [-0.05, 0) is 12.8 Å². The van der Waals surface area contributed by atoms with Crippen molar-refractivity contribution in [1.82, 2.24) is 0 Å². The lowest BCUT2D eigenvalue weighted by Gasteiger charge is -2.10. The van der Waals surface area contributed by atoms with Gasteiger partial charge in [-0.3, -0.25) is 0 Å². The van der Waals surface area contributed by atoms with Crippen LogP contribution in [0.5, 0.6) is 0 Å². The maximum absolute atomic E-state index is 11.1. The van der Waals surface area contributed by atoms with E-state index in [-0.39, 0.29) is 19.3 Å². The molecule has 0 saturated carbocycles. The van der Waals surface area contributed by atoms with Gasteiger partial charge in [0.1, 0.15) is 13.2 Å². The van der Waals surface area contributed by atoms with Gasteiger partial charge in [0.05, 0.1) is 25.9 Å². The van der Waals surface area contributed by atoms with Crippen molar-refractivity contribution in [2.45, 2.75) is 18.9 Å². The van der Waals surface area contributed by atoms with Gasteiger partial charge in [-0.15, -0.1) is 0 Å². The highest BCUT2D eigenvalue weighted by atomic mass is 16.7. The molecule has 0 amide bonds. The van der Waals surface area contributed by atoms with Crippen LogP contribution in [0, 0.1) is 0 Å². The van der Waals surface area contributed by atoms with E-state index in [1.807, 2.05) is 0 Å². The standard InChI is InChI=1S/C11H20O6/c1-13-5-6-14-7-8-16-11(12)17-9-10-3-2-4-15-10/h10H,2-9H2,1H3. The Morgan fingerprint density at radius 1 is 1.24 bits per heavy atom. The topological polar surface area (TPSA) is 63.2 Å². The highest BCUT2D eigenvalue weighted by Crippen LogP contribution is 2.12. The molecule has 1 rings (SSSR count). The molecule has 0 N–H and O–H groups in total. The zero-order chi connectivity index (χ0) is 12.3. The van der Waals surface area contributed by atoms with Gasteiger partial charge >= 0.3 is 6.16 Å². The molecule has 1 aliphatic rings. The Morgan fingerprint density at radius 3 is 2.76 bits per heavy atom. The lowest BCUT2D eigenvalue weighted by molar-refractivity contribution is -0.00698. The first-order valence-electron chi connectivity index (χ1n) is 5.80. The third-order valence-electron chi connectivity index (χ3n) is 2.29. The fourth-order valence-corrected chi connectivity index (χ4v) is 1.41. The Hall–Kier alpha value is -0.850. The molecule has 17 heavy (non-hydrogen) atoms. The summed E-state index contributed by atoms with van der Waals surface area (Å²) in [5.74, 6) is 0. The molecule has 0 aromatic heterocycles. The largest absolute Gasteiger partial charge is 0.508 e. The van der Waals surface area contributed by atoms with Crippen LogP contribution in [-0.4, -0.2) is 59.0 Å². The Kier molecular flexibility index (Phi) is 7.70. The van der Waals surface area contributed by atoms with E-state index in [0.29, 0.717) is 19.8 Å². The molecule has 0 aliphatic carbocycles. The van der Waals surface area contributed by atoms with Crippen LogP contribution in [-0.2, 0) is 23.7 Å². The molecule has 1 saturated heterocycles. The summed E-state index contributed by atoms with van der Waals surface area (Å²) in [7, 11) is 1.60. The van der Waals surface area contributed by atoms with Crippen LogP contribution in [0.4, 0.5) is 4.79 Å². The fourth-order valence-electron chi connectivity index (χ4n) is 1.41. The highest BCUT2D eigenvalue weighted by molar-refractivity contribution is 5.59. The van der Waals surface area contributed by atoms with Crippen molar-refractivity contribution in [3.05, 3.63) is 0 Å². The molecule has 1 fully saturated rings. The lowest BCUT2D eigenvalue weighted by Crippen LogP contribution is -2.20. The van der Waals surface area contributed by atoms with Crippen molar-refractivity contribution >= 4 is 6.16 Å². The quantitative estimate of drug-likeness (QED) is 0.471. The molecule has 1 unspecified atom stereocenters. The van der Waals surface area contributed by atoms with E-state index in [0.717, 1.165) is 19.4 Å². The van der Waals surface area contributed by atoms with Crippen molar-refractivity contribution in [2.75, 3.05) is 46.8 Å². The number of carbonyl (C=O) groups is 1. The molecule has 0 aromatic rings. The third-order valence-corrected chi connectivity index (χ3v) is 2.29. The smallest absolute Gasteiger partial charge is 0.432 e. The molecule has 0 spiro atoms. The van der Waals surface area contributed by atoms with Crippen molar-refractivity contribution in [3.63, 3.8) is 0 Å². The van der Waals surface area contributed by atoms with E-state index >= 15 is 0 Å². The Labute approximate surface area is 101 Å². The van der Waals surface area contributed by atoms with Gasteiger partial charge in [0, 0.05) is 13.7 Å². The summed E-state index contributed by atoms with van der Waals surface area (Å²) in [5, 5.41) is 0. The van der Waals surface area contributed by atoms with Crippen LogP contribution < -0.4 is 0 Å². The molecule has 100 valence electrons. The monoisotopic (exact) mass is 248 g/mol. The Bertz CT molecular complexity index is 202. The van der Waals surface area contributed by atoms with E-state index < -0.39 is 6.16 Å². The SMILES string of the molecule is COCCOCCOC(=O)OCC1CCCO1. The first-order valence-corrected chi connectivity index (χ1v) is 5.80. The van der Waals surface area contributed by atoms with Crippen molar-refractivity contribution < 1.29 is 28.5 Å². The molecule has 0 aromatic carbocycles. The second-order valence-corrected chi connectivity index (χ2v) is 3.65. The summed E-state index contributed by atoms with van der Waals surface area (Å²) in [6.07, 6.45) is 1.32. The van der Waals surface area contributed by atoms with Gasteiger partial charge in [0.15, 0.2) is 0 Å². The fraction of sp³-hybridized carbons (Fsp3) is 0.909. The van der Waals surface area contributed by atoms with Crippen LogP contribution in [0.15, 0.2) is 0 Å². The van der Waals surface area contributed by atoms with Crippen LogP contribution >= 0.6 is 0 Å². The molecule has 1 heterocycles. The normalized spacial score (nSPS) is 19.2. The predicted molar refractivity (Wildman–Crippen MR) is 59.0 cm³/mol. The van der Waals surface area contributed by atoms with Crippen molar-refractivity contribution in [3.8, 4) is 0 Å². The van der Waals surface area contributed by atoms with Crippen molar-refractivity contribution in [2.24, 2.45) is 0 Å². The van der Waals surface area contributed by atoms with Crippen LogP contribution in [0.3, 0.4) is 0 Å². The minimum atomic E-state index is -0.671. The van der Waals surface area contributed by atoms with Crippen LogP contribution in [0.2, 0.25) is 0 Å². The van der Waals surface area contributed by atoms with E-state index in [1.54, 1.807) is 7.11 Å². The Balaban J connectivity index is 1.87. The number of ether oxygens (including phenoxy) is 5. The highest BCUT2D eigenvalue weighted by Gasteiger charge is 2.17. The molecule has 1 aliphatic heterocycles. The van der Waals surface area contributed by atoms with Gasteiger partial charge in [0.2, 0.25) is 0 Å². The van der Waals surface area contributed by atoms with Crippen LogP contribution in [0.1, 0.15) is 12.8 Å². The summed E-state index contributed by atoms with van der Waals surface area (Å²) >= 11 is 0. The zero-order valence-electron chi connectivity index (χ0n) is 10.2. The predicted octanol–water partition coefficient (Wildman–Crippen LogP) is 0.982. The van der Waals surface area contributed by atoms with E-state index in [4.69, 9.17) is 23.7 Å². The van der Waals surface area contributed by atoms with E-state index in [1.165, 1.54) is 0 Å². The molecule has 6 nitrogen and oxygen atoms in total. The second kappa shape index (κ2) is 9.21. The van der Waals surface area contributed by atoms with Crippen molar-refractivity contribution in [1.29, 1.82) is 0 Å². The number of carbonyl (C=O) groups excluding carboxylic acids is 1. The maximum Gasteiger partial charge on any atom is 0.508 e. The molecule has 0 radical (unpaired) electrons. The van der Waals surface area contributed by atoms with Gasteiger partial charge in [-0.2, -0.15) is 0 Å². The number of rotatable bonds is 8. The lowest BCUT2D eigenvalue weighted by atomic mass is 10.2. The summed E-state index contributed by atoms with van der Waals surface area (Å²) in [6.45, 7) is 2.57. The van der Waals surface area contributed by atoms with Gasteiger partial charge in [-0.25, -0.2) is 4.79 Å². The molecule has 1 atom stereocenters. The third kappa shape index (κ3) is 7.14.